The van der Waals surface area contributed by atoms with Gasteiger partial charge in [-0.25, -0.2) is 9.50 Å². The van der Waals surface area contributed by atoms with Crippen LogP contribution in [0, 0.1) is 0 Å². The minimum absolute atomic E-state index is 0.109. The van der Waals surface area contributed by atoms with Crippen LogP contribution in [0.2, 0.25) is 10.2 Å². The lowest BCUT2D eigenvalue weighted by atomic mass is 9.62. The Morgan fingerprint density at radius 3 is 2.61 bits per heavy atom. The first-order valence-corrected chi connectivity index (χ1v) is 8.70. The van der Waals surface area contributed by atoms with Gasteiger partial charge in [0.05, 0.1) is 5.69 Å². The molecule has 1 aliphatic carbocycles. The van der Waals surface area contributed by atoms with Crippen LogP contribution < -0.4 is 0 Å². The molecule has 0 aliphatic heterocycles. The summed E-state index contributed by atoms with van der Waals surface area (Å²) in [6.45, 7) is 2.07. The van der Waals surface area contributed by atoms with Crippen LogP contribution in [0.15, 0.2) is 36.4 Å². The van der Waals surface area contributed by atoms with E-state index in [2.05, 4.69) is 24.0 Å². The van der Waals surface area contributed by atoms with Crippen molar-refractivity contribution >= 4 is 28.8 Å². The minimum atomic E-state index is -0.109. The van der Waals surface area contributed by atoms with Crippen molar-refractivity contribution in [3.8, 4) is 0 Å². The normalized spacial score (nSPS) is 16.5. The highest BCUT2D eigenvalue weighted by Gasteiger charge is 2.43. The Bertz CT molecular complexity index is 881. The molecule has 0 bridgehead atoms. The summed E-state index contributed by atoms with van der Waals surface area (Å²) in [5, 5.41) is 6.17. The lowest BCUT2D eigenvalue weighted by Crippen LogP contribution is -2.36. The molecule has 2 aromatic heterocycles. The van der Waals surface area contributed by atoms with Gasteiger partial charge in [-0.3, -0.25) is 0 Å². The minimum Gasteiger partial charge on any atom is -0.233 e. The fourth-order valence-corrected chi connectivity index (χ4v) is 4.01. The molecule has 3 nitrogen and oxygen atoms in total. The van der Waals surface area contributed by atoms with Gasteiger partial charge in [-0.2, -0.15) is 5.10 Å². The molecule has 0 N–H and O–H groups in total. The summed E-state index contributed by atoms with van der Waals surface area (Å²) in [6, 6.07) is 12.0. The zero-order valence-corrected chi connectivity index (χ0v) is 14.4. The van der Waals surface area contributed by atoms with E-state index in [0.717, 1.165) is 46.9 Å². The van der Waals surface area contributed by atoms with E-state index in [9.17, 15) is 0 Å². The molecule has 1 aromatic carbocycles. The predicted molar refractivity (Wildman–Crippen MR) is 93.5 cm³/mol. The molecule has 0 unspecified atom stereocenters. The van der Waals surface area contributed by atoms with Crippen LogP contribution in [0.5, 0.6) is 0 Å². The van der Waals surface area contributed by atoms with Crippen LogP contribution in [0.25, 0.3) is 5.65 Å². The van der Waals surface area contributed by atoms with Crippen LogP contribution in [0.3, 0.4) is 0 Å². The summed E-state index contributed by atoms with van der Waals surface area (Å²) in [6.07, 6.45) is 4.14. The van der Waals surface area contributed by atoms with Crippen LogP contribution >= 0.6 is 23.2 Å². The van der Waals surface area contributed by atoms with E-state index in [1.807, 2.05) is 24.3 Å². The maximum Gasteiger partial charge on any atom is 0.157 e. The Morgan fingerprint density at radius 2 is 1.96 bits per heavy atom. The van der Waals surface area contributed by atoms with E-state index >= 15 is 0 Å². The summed E-state index contributed by atoms with van der Waals surface area (Å²) in [7, 11) is 0. The number of halogens is 2. The van der Waals surface area contributed by atoms with Crippen molar-refractivity contribution in [1.82, 2.24) is 14.6 Å². The standard InChI is InChI=1S/C18H17Cl2N3/c1-2-12-10-16(20)23-17(21-12)11-15(22-23)18(8-5-9-18)13-6-3-4-7-14(13)19/h3-4,6-7,10-11H,2,5,8-9H2,1H3. The maximum atomic E-state index is 6.47. The van der Waals surface area contributed by atoms with E-state index in [1.54, 1.807) is 4.52 Å². The monoisotopic (exact) mass is 345 g/mol. The lowest BCUT2D eigenvalue weighted by Gasteiger charge is -2.41. The van der Waals surface area contributed by atoms with Crippen molar-refractivity contribution in [3.05, 3.63) is 63.5 Å². The highest BCUT2D eigenvalue weighted by Crippen LogP contribution is 2.50. The largest absolute Gasteiger partial charge is 0.233 e. The molecule has 3 aromatic rings. The third-order valence-corrected chi connectivity index (χ3v) is 5.48. The highest BCUT2D eigenvalue weighted by atomic mass is 35.5. The van der Waals surface area contributed by atoms with E-state index in [-0.39, 0.29) is 5.41 Å². The van der Waals surface area contributed by atoms with Crippen molar-refractivity contribution in [1.29, 1.82) is 0 Å². The van der Waals surface area contributed by atoms with E-state index < -0.39 is 0 Å². The molecule has 0 saturated heterocycles. The van der Waals surface area contributed by atoms with Crippen molar-refractivity contribution in [2.24, 2.45) is 0 Å². The van der Waals surface area contributed by atoms with E-state index in [0.29, 0.717) is 5.15 Å². The molecule has 5 heteroatoms. The Morgan fingerprint density at radius 1 is 1.17 bits per heavy atom. The van der Waals surface area contributed by atoms with Crippen molar-refractivity contribution < 1.29 is 0 Å². The first-order valence-electron chi connectivity index (χ1n) is 7.95. The second kappa shape index (κ2) is 5.50. The van der Waals surface area contributed by atoms with Gasteiger partial charge < -0.3 is 0 Å². The number of rotatable bonds is 3. The van der Waals surface area contributed by atoms with Crippen molar-refractivity contribution in [2.75, 3.05) is 0 Å². The number of nitrogens with zero attached hydrogens (tertiary/aromatic N) is 3. The van der Waals surface area contributed by atoms with Gasteiger partial charge in [-0.05, 0) is 37.0 Å². The first kappa shape index (κ1) is 15.0. The summed E-state index contributed by atoms with van der Waals surface area (Å²) in [5.41, 5.74) is 3.85. The molecule has 118 valence electrons. The Kier molecular flexibility index (Phi) is 3.58. The predicted octanol–water partition coefficient (Wildman–Crippen LogP) is 5.07. The first-order chi connectivity index (χ1) is 11.1. The van der Waals surface area contributed by atoms with Crippen molar-refractivity contribution in [3.63, 3.8) is 0 Å². The third kappa shape index (κ3) is 2.26. The Labute approximate surface area is 145 Å². The molecule has 0 spiro atoms. The maximum absolute atomic E-state index is 6.47. The molecular formula is C18H17Cl2N3. The fraction of sp³-hybridized carbons (Fsp3) is 0.333. The average Bonchev–Trinajstić information content (AvgIpc) is 2.92. The third-order valence-electron chi connectivity index (χ3n) is 4.89. The molecule has 2 heterocycles. The molecule has 1 aliphatic rings. The Hall–Kier alpha value is -1.58. The SMILES string of the molecule is CCc1cc(Cl)n2nc(C3(c4ccccc4Cl)CCC3)cc2n1. The molecule has 0 atom stereocenters. The fourth-order valence-electron chi connectivity index (χ4n) is 3.44. The zero-order chi connectivity index (χ0) is 16.0. The highest BCUT2D eigenvalue weighted by molar-refractivity contribution is 6.31. The van der Waals surface area contributed by atoms with Gasteiger partial charge in [0.1, 0.15) is 5.15 Å². The number of hydrogen-bond acceptors (Lipinski definition) is 2. The second-order valence-corrected chi connectivity index (χ2v) is 6.93. The average molecular weight is 346 g/mol. The Balaban J connectivity index is 1.90. The van der Waals surface area contributed by atoms with Gasteiger partial charge in [-0.15, -0.1) is 0 Å². The lowest BCUT2D eigenvalue weighted by molar-refractivity contribution is 0.293. The van der Waals surface area contributed by atoms with Gasteiger partial charge in [0, 0.05) is 22.2 Å². The number of hydrogen-bond donors (Lipinski definition) is 0. The van der Waals surface area contributed by atoms with Gasteiger partial charge in [0.2, 0.25) is 0 Å². The van der Waals surface area contributed by atoms with Gasteiger partial charge in [-0.1, -0.05) is 54.7 Å². The molecule has 1 saturated carbocycles. The summed E-state index contributed by atoms with van der Waals surface area (Å²) < 4.78 is 1.73. The van der Waals surface area contributed by atoms with E-state index in [4.69, 9.17) is 28.3 Å². The number of fused-ring (bicyclic) bond motifs is 1. The van der Waals surface area contributed by atoms with Gasteiger partial charge in [0.15, 0.2) is 5.65 Å². The van der Waals surface area contributed by atoms with Crippen LogP contribution in [-0.4, -0.2) is 14.6 Å². The van der Waals surface area contributed by atoms with Crippen molar-refractivity contribution in [2.45, 2.75) is 38.0 Å². The smallest absolute Gasteiger partial charge is 0.157 e. The molecule has 1 fully saturated rings. The molecule has 0 radical (unpaired) electrons. The molecule has 4 rings (SSSR count). The summed E-state index contributed by atoms with van der Waals surface area (Å²) in [4.78, 5) is 4.65. The van der Waals surface area contributed by atoms with Crippen LogP contribution in [-0.2, 0) is 11.8 Å². The number of benzene rings is 1. The molecule has 0 amide bonds. The zero-order valence-electron chi connectivity index (χ0n) is 12.9. The van der Waals surface area contributed by atoms with Gasteiger partial charge >= 0.3 is 0 Å². The topological polar surface area (TPSA) is 30.2 Å². The van der Waals surface area contributed by atoms with Gasteiger partial charge in [0.25, 0.3) is 0 Å². The number of aromatic nitrogens is 3. The summed E-state index contributed by atoms with van der Waals surface area (Å²) in [5.74, 6) is 0. The van der Waals surface area contributed by atoms with Crippen LogP contribution in [0.4, 0.5) is 0 Å². The molecular weight excluding hydrogens is 329 g/mol. The van der Waals surface area contributed by atoms with Crippen LogP contribution in [0.1, 0.15) is 43.1 Å². The molecule has 23 heavy (non-hydrogen) atoms. The second-order valence-electron chi connectivity index (χ2n) is 6.14. The summed E-state index contributed by atoms with van der Waals surface area (Å²) >= 11 is 12.8. The quantitative estimate of drug-likeness (QED) is 0.620. The van der Waals surface area contributed by atoms with E-state index in [1.165, 1.54) is 6.42 Å². The number of aryl methyl sites for hydroxylation is 1.